The van der Waals surface area contributed by atoms with Crippen LogP contribution in [0.25, 0.3) is 0 Å². The van der Waals surface area contributed by atoms with Gasteiger partial charge in [0.1, 0.15) is 11.2 Å². The molecular formula is C10H12N6O2S. The standard InChI is InChI=1S/C10H12N6O2S/c1-6-3-12-8(19-6)5-13-9-7(16(17)18)4-14-10(11-2)15-9/h3-4H,5H2,1-2H3,(H2,11,13,14,15). The van der Waals surface area contributed by atoms with Crippen LogP contribution in [-0.2, 0) is 6.54 Å². The van der Waals surface area contributed by atoms with E-state index in [1.54, 1.807) is 13.2 Å². The van der Waals surface area contributed by atoms with Crippen molar-refractivity contribution in [3.63, 3.8) is 0 Å². The van der Waals surface area contributed by atoms with E-state index in [1.165, 1.54) is 17.5 Å². The minimum atomic E-state index is -0.519. The molecule has 0 amide bonds. The maximum atomic E-state index is 10.9. The molecule has 0 radical (unpaired) electrons. The zero-order valence-electron chi connectivity index (χ0n) is 10.4. The van der Waals surface area contributed by atoms with Crippen LogP contribution in [0.5, 0.6) is 0 Å². The third-order valence-electron chi connectivity index (χ3n) is 2.27. The summed E-state index contributed by atoms with van der Waals surface area (Å²) in [6.07, 6.45) is 2.93. The molecule has 0 aliphatic heterocycles. The maximum absolute atomic E-state index is 10.9. The van der Waals surface area contributed by atoms with E-state index in [0.29, 0.717) is 12.5 Å². The molecule has 0 fully saturated rings. The molecule has 2 heterocycles. The largest absolute Gasteiger partial charge is 0.358 e. The molecule has 2 rings (SSSR count). The first-order valence-electron chi connectivity index (χ1n) is 5.44. The monoisotopic (exact) mass is 280 g/mol. The average Bonchev–Trinajstić information content (AvgIpc) is 2.81. The molecule has 0 unspecified atom stereocenters. The summed E-state index contributed by atoms with van der Waals surface area (Å²) in [6, 6.07) is 0. The van der Waals surface area contributed by atoms with E-state index in [-0.39, 0.29) is 11.5 Å². The van der Waals surface area contributed by atoms with Crippen LogP contribution >= 0.6 is 11.3 Å². The first kappa shape index (κ1) is 13.1. The Morgan fingerprint density at radius 1 is 1.42 bits per heavy atom. The van der Waals surface area contributed by atoms with E-state index >= 15 is 0 Å². The van der Waals surface area contributed by atoms with Gasteiger partial charge < -0.3 is 10.6 Å². The quantitative estimate of drug-likeness (QED) is 0.635. The Morgan fingerprint density at radius 3 is 2.79 bits per heavy atom. The van der Waals surface area contributed by atoms with Crippen molar-refractivity contribution < 1.29 is 4.92 Å². The predicted molar refractivity (Wildman–Crippen MR) is 72.4 cm³/mol. The van der Waals surface area contributed by atoms with Crippen molar-refractivity contribution in [2.45, 2.75) is 13.5 Å². The molecule has 0 atom stereocenters. The third kappa shape index (κ3) is 3.13. The Kier molecular flexibility index (Phi) is 3.85. The molecule has 9 heteroatoms. The highest BCUT2D eigenvalue weighted by atomic mass is 32.1. The number of nitro groups is 1. The normalized spacial score (nSPS) is 10.2. The van der Waals surface area contributed by atoms with Gasteiger partial charge in [0.05, 0.1) is 11.5 Å². The number of hydrogen-bond donors (Lipinski definition) is 2. The van der Waals surface area contributed by atoms with Gasteiger partial charge in [-0.15, -0.1) is 11.3 Å². The summed E-state index contributed by atoms with van der Waals surface area (Å²) >= 11 is 1.53. The molecule has 0 aliphatic carbocycles. The first-order chi connectivity index (χ1) is 9.10. The third-order valence-corrected chi connectivity index (χ3v) is 3.18. The molecule has 19 heavy (non-hydrogen) atoms. The lowest BCUT2D eigenvalue weighted by atomic mass is 10.4. The van der Waals surface area contributed by atoms with Crippen molar-refractivity contribution in [2.24, 2.45) is 0 Å². The SMILES string of the molecule is CNc1ncc([N+](=O)[O-])c(NCc2ncc(C)s2)n1. The predicted octanol–water partition coefficient (Wildman–Crippen LogP) is 1.80. The molecule has 0 aromatic carbocycles. The molecular weight excluding hydrogens is 268 g/mol. The molecule has 2 N–H and O–H groups in total. The van der Waals surface area contributed by atoms with Gasteiger partial charge in [-0.2, -0.15) is 4.98 Å². The van der Waals surface area contributed by atoms with E-state index < -0.39 is 4.92 Å². The number of hydrogen-bond acceptors (Lipinski definition) is 8. The lowest BCUT2D eigenvalue weighted by Crippen LogP contribution is -2.07. The van der Waals surface area contributed by atoms with Gasteiger partial charge in [0.15, 0.2) is 0 Å². The van der Waals surface area contributed by atoms with E-state index in [4.69, 9.17) is 0 Å². The van der Waals surface area contributed by atoms with E-state index in [9.17, 15) is 10.1 Å². The topological polar surface area (TPSA) is 106 Å². The molecule has 0 spiro atoms. The second-order valence-electron chi connectivity index (χ2n) is 3.65. The number of thiazole rings is 1. The average molecular weight is 280 g/mol. The van der Waals surface area contributed by atoms with Gasteiger partial charge in [0.2, 0.25) is 11.8 Å². The van der Waals surface area contributed by atoms with Gasteiger partial charge in [0, 0.05) is 18.1 Å². The summed E-state index contributed by atoms with van der Waals surface area (Å²) in [5.41, 5.74) is -0.160. The van der Waals surface area contributed by atoms with Crippen molar-refractivity contribution >= 4 is 28.8 Å². The lowest BCUT2D eigenvalue weighted by molar-refractivity contribution is -0.384. The molecule has 0 aliphatic rings. The Hall–Kier alpha value is -2.29. The van der Waals surface area contributed by atoms with Crippen LogP contribution in [-0.4, -0.2) is 26.9 Å². The molecule has 100 valence electrons. The van der Waals surface area contributed by atoms with Gasteiger partial charge in [-0.25, -0.2) is 9.97 Å². The van der Waals surface area contributed by atoms with Gasteiger partial charge in [-0.1, -0.05) is 0 Å². The van der Waals surface area contributed by atoms with E-state index in [0.717, 1.165) is 9.88 Å². The molecule has 0 saturated heterocycles. The summed E-state index contributed by atoms with van der Waals surface area (Å²) in [4.78, 5) is 23.5. The number of rotatable bonds is 5. The minimum absolute atomic E-state index is 0.160. The van der Waals surface area contributed by atoms with Crippen molar-refractivity contribution in [1.82, 2.24) is 15.0 Å². The summed E-state index contributed by atoms with van der Waals surface area (Å²) in [5.74, 6) is 0.501. The molecule has 2 aromatic heterocycles. The zero-order valence-corrected chi connectivity index (χ0v) is 11.2. The van der Waals surface area contributed by atoms with Crippen LogP contribution in [0.3, 0.4) is 0 Å². The Labute approximate surface area is 113 Å². The van der Waals surface area contributed by atoms with Gasteiger partial charge in [-0.05, 0) is 6.92 Å². The van der Waals surface area contributed by atoms with Crippen LogP contribution < -0.4 is 10.6 Å². The smallest absolute Gasteiger partial charge is 0.329 e. The van der Waals surface area contributed by atoms with Crippen LogP contribution in [0, 0.1) is 17.0 Å². The lowest BCUT2D eigenvalue weighted by Gasteiger charge is -2.05. The van der Waals surface area contributed by atoms with Crippen LogP contribution in [0.2, 0.25) is 0 Å². The summed E-state index contributed by atoms with van der Waals surface area (Å²) in [6.45, 7) is 2.34. The van der Waals surface area contributed by atoms with Crippen molar-refractivity contribution in [3.8, 4) is 0 Å². The molecule has 0 bridgehead atoms. The van der Waals surface area contributed by atoms with Crippen LogP contribution in [0.4, 0.5) is 17.5 Å². The minimum Gasteiger partial charge on any atom is -0.358 e. The maximum Gasteiger partial charge on any atom is 0.329 e. The van der Waals surface area contributed by atoms with Crippen molar-refractivity contribution in [2.75, 3.05) is 17.7 Å². The number of nitrogens with one attached hydrogen (secondary N) is 2. The zero-order chi connectivity index (χ0) is 13.8. The van der Waals surface area contributed by atoms with Gasteiger partial charge in [-0.3, -0.25) is 10.1 Å². The fraction of sp³-hybridized carbons (Fsp3) is 0.300. The molecule has 8 nitrogen and oxygen atoms in total. The highest BCUT2D eigenvalue weighted by molar-refractivity contribution is 7.11. The summed E-state index contributed by atoms with van der Waals surface area (Å²) < 4.78 is 0. The number of nitrogens with zero attached hydrogens (tertiary/aromatic N) is 4. The Bertz CT molecular complexity index is 599. The van der Waals surface area contributed by atoms with Crippen LogP contribution in [0.15, 0.2) is 12.4 Å². The van der Waals surface area contributed by atoms with Gasteiger partial charge in [0.25, 0.3) is 0 Å². The second kappa shape index (κ2) is 5.57. The van der Waals surface area contributed by atoms with Crippen molar-refractivity contribution in [3.05, 3.63) is 32.4 Å². The van der Waals surface area contributed by atoms with Gasteiger partial charge >= 0.3 is 5.69 Å². The van der Waals surface area contributed by atoms with Crippen molar-refractivity contribution in [1.29, 1.82) is 0 Å². The van der Waals surface area contributed by atoms with E-state index in [2.05, 4.69) is 25.6 Å². The number of aromatic nitrogens is 3. The number of aryl methyl sites for hydroxylation is 1. The molecule has 0 saturated carbocycles. The Balaban J connectivity index is 2.19. The summed E-state index contributed by atoms with van der Waals surface area (Å²) in [7, 11) is 1.65. The fourth-order valence-electron chi connectivity index (χ4n) is 1.40. The fourth-order valence-corrected chi connectivity index (χ4v) is 2.13. The Morgan fingerprint density at radius 2 is 2.21 bits per heavy atom. The van der Waals surface area contributed by atoms with E-state index in [1.807, 2.05) is 6.92 Å². The highest BCUT2D eigenvalue weighted by Gasteiger charge is 2.17. The number of anilines is 2. The second-order valence-corrected chi connectivity index (χ2v) is 4.97. The molecule has 2 aromatic rings. The first-order valence-corrected chi connectivity index (χ1v) is 6.26. The van der Waals surface area contributed by atoms with Crippen LogP contribution in [0.1, 0.15) is 9.88 Å². The highest BCUT2D eigenvalue weighted by Crippen LogP contribution is 2.23. The summed E-state index contributed by atoms with van der Waals surface area (Å²) in [5, 5.41) is 17.4.